The molecule has 94 valence electrons. The first-order chi connectivity index (χ1) is 8.08. The van der Waals surface area contributed by atoms with Gasteiger partial charge < -0.3 is 4.90 Å². The molecule has 0 unspecified atom stereocenters. The monoisotopic (exact) mass is 233 g/mol. The van der Waals surface area contributed by atoms with Crippen LogP contribution in [0.25, 0.3) is 0 Å². The number of carbonyl (C=O) groups excluding carboxylic acids is 1. The molecule has 0 saturated heterocycles. The average molecular weight is 233 g/mol. The van der Waals surface area contributed by atoms with Gasteiger partial charge in [-0.05, 0) is 44.1 Å². The standard InChI is InChI=1S/C15H23NO/c1-5-16(6-2)10-9-15(17)14-8-7-12(3)13(4)11-14/h7-8,11H,5-6,9-10H2,1-4H3. The van der Waals surface area contributed by atoms with Crippen molar-refractivity contribution in [2.24, 2.45) is 0 Å². The van der Waals surface area contributed by atoms with Crippen LogP contribution in [0.4, 0.5) is 0 Å². The molecule has 0 spiro atoms. The zero-order valence-corrected chi connectivity index (χ0v) is 11.4. The van der Waals surface area contributed by atoms with E-state index in [1.165, 1.54) is 11.1 Å². The normalized spacial score (nSPS) is 10.9. The van der Waals surface area contributed by atoms with Crippen molar-refractivity contribution in [2.45, 2.75) is 34.1 Å². The van der Waals surface area contributed by atoms with Gasteiger partial charge in [0.15, 0.2) is 5.78 Å². The zero-order valence-electron chi connectivity index (χ0n) is 11.4. The van der Waals surface area contributed by atoms with Crippen LogP contribution < -0.4 is 0 Å². The van der Waals surface area contributed by atoms with E-state index in [1.807, 2.05) is 18.2 Å². The van der Waals surface area contributed by atoms with Gasteiger partial charge in [0, 0.05) is 18.5 Å². The molecule has 0 atom stereocenters. The lowest BCUT2D eigenvalue weighted by Gasteiger charge is -2.17. The third-order valence-corrected chi connectivity index (χ3v) is 3.38. The van der Waals surface area contributed by atoms with Gasteiger partial charge in [-0.15, -0.1) is 0 Å². The predicted molar refractivity (Wildman–Crippen MR) is 72.7 cm³/mol. The first-order valence-electron chi connectivity index (χ1n) is 6.41. The highest BCUT2D eigenvalue weighted by atomic mass is 16.1. The highest BCUT2D eigenvalue weighted by Gasteiger charge is 2.08. The van der Waals surface area contributed by atoms with Crippen molar-refractivity contribution < 1.29 is 4.79 Å². The Bertz CT molecular complexity index is 381. The van der Waals surface area contributed by atoms with Crippen LogP contribution in [-0.2, 0) is 0 Å². The Labute approximate surface area is 105 Å². The number of hydrogen-bond donors (Lipinski definition) is 0. The first kappa shape index (κ1) is 13.9. The third-order valence-electron chi connectivity index (χ3n) is 3.38. The van der Waals surface area contributed by atoms with E-state index in [-0.39, 0.29) is 5.78 Å². The summed E-state index contributed by atoms with van der Waals surface area (Å²) < 4.78 is 0. The summed E-state index contributed by atoms with van der Waals surface area (Å²) in [6.45, 7) is 11.3. The molecule has 0 radical (unpaired) electrons. The van der Waals surface area contributed by atoms with Gasteiger partial charge in [-0.2, -0.15) is 0 Å². The second kappa shape index (κ2) is 6.55. The maximum absolute atomic E-state index is 12.0. The summed E-state index contributed by atoms with van der Waals surface area (Å²) in [6.07, 6.45) is 0.615. The van der Waals surface area contributed by atoms with Gasteiger partial charge in [0.2, 0.25) is 0 Å². The van der Waals surface area contributed by atoms with E-state index in [1.54, 1.807) is 0 Å². The average Bonchev–Trinajstić information content (AvgIpc) is 2.33. The molecule has 0 bridgehead atoms. The Balaban J connectivity index is 2.61. The molecule has 0 amide bonds. The molecule has 1 aromatic rings. The summed E-state index contributed by atoms with van der Waals surface area (Å²) in [6, 6.07) is 5.97. The van der Waals surface area contributed by atoms with Gasteiger partial charge in [-0.25, -0.2) is 0 Å². The smallest absolute Gasteiger partial charge is 0.164 e. The molecule has 0 heterocycles. The molecule has 2 nitrogen and oxygen atoms in total. The topological polar surface area (TPSA) is 20.3 Å². The fraction of sp³-hybridized carbons (Fsp3) is 0.533. The van der Waals surface area contributed by atoms with E-state index in [2.05, 4.69) is 32.6 Å². The van der Waals surface area contributed by atoms with Gasteiger partial charge in [-0.1, -0.05) is 26.0 Å². The molecular weight excluding hydrogens is 210 g/mol. The van der Waals surface area contributed by atoms with E-state index in [4.69, 9.17) is 0 Å². The lowest BCUT2D eigenvalue weighted by molar-refractivity contribution is 0.0966. The number of nitrogens with zero attached hydrogens (tertiary/aromatic N) is 1. The van der Waals surface area contributed by atoms with Gasteiger partial charge in [0.05, 0.1) is 0 Å². The van der Waals surface area contributed by atoms with Crippen LogP contribution in [0.3, 0.4) is 0 Å². The van der Waals surface area contributed by atoms with E-state index in [0.717, 1.165) is 25.2 Å². The molecule has 1 rings (SSSR count). The Kier molecular flexibility index (Phi) is 5.36. The minimum atomic E-state index is 0.250. The van der Waals surface area contributed by atoms with Crippen molar-refractivity contribution >= 4 is 5.78 Å². The van der Waals surface area contributed by atoms with Gasteiger partial charge >= 0.3 is 0 Å². The van der Waals surface area contributed by atoms with Crippen LogP contribution >= 0.6 is 0 Å². The summed E-state index contributed by atoms with van der Waals surface area (Å²) in [5, 5.41) is 0. The van der Waals surface area contributed by atoms with Crippen LogP contribution in [0.1, 0.15) is 41.8 Å². The molecule has 0 aliphatic heterocycles. The van der Waals surface area contributed by atoms with Crippen molar-refractivity contribution in [3.05, 3.63) is 34.9 Å². The second-order valence-corrected chi connectivity index (χ2v) is 4.50. The fourth-order valence-electron chi connectivity index (χ4n) is 1.86. The number of Topliss-reactive ketones (excluding diaryl/α,β-unsaturated/α-hetero) is 1. The molecule has 0 saturated carbocycles. The molecule has 2 heteroatoms. The largest absolute Gasteiger partial charge is 0.303 e. The summed E-state index contributed by atoms with van der Waals surface area (Å²) in [4.78, 5) is 14.3. The predicted octanol–water partition coefficient (Wildman–Crippen LogP) is 3.22. The molecule has 1 aromatic carbocycles. The molecule has 0 aromatic heterocycles. The quantitative estimate of drug-likeness (QED) is 0.703. The first-order valence-corrected chi connectivity index (χ1v) is 6.41. The molecule has 0 fully saturated rings. The Morgan fingerprint density at radius 1 is 1.12 bits per heavy atom. The van der Waals surface area contributed by atoms with E-state index < -0.39 is 0 Å². The van der Waals surface area contributed by atoms with E-state index in [0.29, 0.717) is 6.42 Å². The van der Waals surface area contributed by atoms with Crippen LogP contribution in [0, 0.1) is 13.8 Å². The van der Waals surface area contributed by atoms with E-state index in [9.17, 15) is 4.79 Å². The molecule has 0 N–H and O–H groups in total. The number of ketones is 1. The minimum Gasteiger partial charge on any atom is -0.303 e. The fourth-order valence-corrected chi connectivity index (χ4v) is 1.86. The zero-order chi connectivity index (χ0) is 12.8. The van der Waals surface area contributed by atoms with Crippen molar-refractivity contribution in [1.82, 2.24) is 4.90 Å². The van der Waals surface area contributed by atoms with Crippen LogP contribution in [-0.4, -0.2) is 30.3 Å². The van der Waals surface area contributed by atoms with Crippen molar-refractivity contribution in [1.29, 1.82) is 0 Å². The maximum atomic E-state index is 12.0. The lowest BCUT2D eigenvalue weighted by Crippen LogP contribution is -2.25. The van der Waals surface area contributed by atoms with Crippen LogP contribution in [0.2, 0.25) is 0 Å². The van der Waals surface area contributed by atoms with Gasteiger partial charge in [0.1, 0.15) is 0 Å². The number of hydrogen-bond acceptors (Lipinski definition) is 2. The number of benzene rings is 1. The van der Waals surface area contributed by atoms with Crippen molar-refractivity contribution in [3.63, 3.8) is 0 Å². The summed E-state index contributed by atoms with van der Waals surface area (Å²) in [7, 11) is 0. The summed E-state index contributed by atoms with van der Waals surface area (Å²) in [5.74, 6) is 0.250. The number of carbonyl (C=O) groups is 1. The molecule has 0 aliphatic rings. The number of aryl methyl sites for hydroxylation is 2. The minimum absolute atomic E-state index is 0.250. The lowest BCUT2D eigenvalue weighted by atomic mass is 10.0. The van der Waals surface area contributed by atoms with Crippen LogP contribution in [0.15, 0.2) is 18.2 Å². The highest BCUT2D eigenvalue weighted by Crippen LogP contribution is 2.11. The van der Waals surface area contributed by atoms with Gasteiger partial charge in [-0.3, -0.25) is 4.79 Å². The Morgan fingerprint density at radius 2 is 1.76 bits per heavy atom. The maximum Gasteiger partial charge on any atom is 0.164 e. The molecule has 17 heavy (non-hydrogen) atoms. The van der Waals surface area contributed by atoms with Crippen molar-refractivity contribution in [2.75, 3.05) is 19.6 Å². The third kappa shape index (κ3) is 3.97. The Hall–Kier alpha value is -1.15. The van der Waals surface area contributed by atoms with Crippen LogP contribution in [0.5, 0.6) is 0 Å². The Morgan fingerprint density at radius 3 is 2.29 bits per heavy atom. The second-order valence-electron chi connectivity index (χ2n) is 4.50. The van der Waals surface area contributed by atoms with Crippen molar-refractivity contribution in [3.8, 4) is 0 Å². The van der Waals surface area contributed by atoms with E-state index >= 15 is 0 Å². The summed E-state index contributed by atoms with van der Waals surface area (Å²) in [5.41, 5.74) is 3.28. The SMILES string of the molecule is CCN(CC)CCC(=O)c1ccc(C)c(C)c1. The molecular formula is C15H23NO. The molecule has 0 aliphatic carbocycles. The summed E-state index contributed by atoms with van der Waals surface area (Å²) >= 11 is 0. The van der Waals surface area contributed by atoms with Gasteiger partial charge in [0.25, 0.3) is 0 Å². The number of rotatable bonds is 6. The highest BCUT2D eigenvalue weighted by molar-refractivity contribution is 5.96.